The van der Waals surface area contributed by atoms with Crippen molar-refractivity contribution in [2.45, 2.75) is 54.6 Å². The lowest BCUT2D eigenvalue weighted by Gasteiger charge is -2.60. The van der Waals surface area contributed by atoms with Gasteiger partial charge in [-0.2, -0.15) is 0 Å². The molecule has 0 aliphatic heterocycles. The van der Waals surface area contributed by atoms with Crippen LogP contribution in [0, 0.1) is 23.7 Å². The minimum absolute atomic E-state index is 0.207. The molecule has 4 aliphatic rings. The van der Waals surface area contributed by atoms with Crippen molar-refractivity contribution in [2.75, 3.05) is 4.43 Å². The highest BCUT2D eigenvalue weighted by molar-refractivity contribution is 14.1. The highest BCUT2D eigenvalue weighted by atomic mass is 127. The average Bonchev–Trinajstić information content (AvgIpc) is 2.42. The molecule has 0 aromatic carbocycles. The fourth-order valence-electron chi connectivity index (χ4n) is 5.11. The van der Waals surface area contributed by atoms with E-state index in [4.69, 9.17) is 10.5 Å². The van der Waals surface area contributed by atoms with Crippen LogP contribution in [-0.2, 0) is 9.53 Å². The quantitative estimate of drug-likeness (QED) is 0.276. The van der Waals surface area contributed by atoms with E-state index in [2.05, 4.69) is 29.5 Å². The van der Waals surface area contributed by atoms with Crippen molar-refractivity contribution in [3.63, 3.8) is 0 Å². The minimum atomic E-state index is -0.880. The molecule has 4 saturated carbocycles. The molecule has 4 rings (SSSR count). The minimum Gasteiger partial charge on any atom is -0.457 e. The molecule has 0 heterocycles. The van der Waals surface area contributed by atoms with Crippen LogP contribution < -0.4 is 5.73 Å². The first kappa shape index (κ1) is 15.8. The van der Waals surface area contributed by atoms with E-state index in [1.54, 1.807) is 0 Å². The number of ether oxygens (including phenoxy) is 1. The van der Waals surface area contributed by atoms with Crippen LogP contribution in [0.2, 0.25) is 0 Å². The molecule has 4 fully saturated rings. The zero-order valence-electron chi connectivity index (χ0n) is 11.9. The lowest BCUT2D eigenvalue weighted by Crippen LogP contribution is -2.61. The Balaban J connectivity index is 1.83. The summed E-state index contributed by atoms with van der Waals surface area (Å²) in [6.07, 6.45) is 7.41. The third-order valence-electron chi connectivity index (χ3n) is 5.89. The van der Waals surface area contributed by atoms with Crippen molar-refractivity contribution >= 4 is 51.2 Å². The Kier molecular flexibility index (Phi) is 4.35. The number of carbonyl (C=O) groups is 1. The van der Waals surface area contributed by atoms with Gasteiger partial charge in [0.25, 0.3) is 0 Å². The molecule has 1 atom stereocenters. The van der Waals surface area contributed by atoms with E-state index in [9.17, 15) is 4.79 Å². The maximum atomic E-state index is 12.5. The summed E-state index contributed by atoms with van der Waals surface area (Å²) < 4.78 is 5.85. The Morgan fingerprint density at radius 1 is 1.25 bits per heavy atom. The second-order valence-corrected chi connectivity index (χ2v) is 9.69. The second kappa shape index (κ2) is 5.51. The van der Waals surface area contributed by atoms with Crippen LogP contribution in [0.25, 0.3) is 0 Å². The molecule has 0 amide bonds. The first-order valence-corrected chi connectivity index (χ1v) is 10.3. The standard InChI is InChI=1S/C15H23I2NO2/c1-2-14(20-13(19)15(17,18)8-16)11-4-9-3-10(6-11)7-12(14)5-9/h9-12H,2-8,18H2,1H3. The van der Waals surface area contributed by atoms with E-state index in [1.807, 2.05) is 22.6 Å². The summed E-state index contributed by atoms with van der Waals surface area (Å²) in [5.41, 5.74) is 5.87. The number of carbonyl (C=O) groups excluding carboxylic acids is 1. The highest BCUT2D eigenvalue weighted by Crippen LogP contribution is 2.60. The molecule has 0 saturated heterocycles. The van der Waals surface area contributed by atoms with Crippen LogP contribution in [0.15, 0.2) is 0 Å². The Hall–Kier alpha value is 0.890. The average molecular weight is 503 g/mol. The highest BCUT2D eigenvalue weighted by Gasteiger charge is 2.59. The van der Waals surface area contributed by atoms with Crippen LogP contribution >= 0.6 is 45.2 Å². The molecule has 0 spiro atoms. The summed E-state index contributed by atoms with van der Waals surface area (Å²) in [6.45, 7) is 2.19. The summed E-state index contributed by atoms with van der Waals surface area (Å²) in [4.78, 5) is 12.5. The number of hydrogen-bond donors (Lipinski definition) is 1. The molecular weight excluding hydrogens is 480 g/mol. The zero-order chi connectivity index (χ0) is 14.5. The van der Waals surface area contributed by atoms with Crippen LogP contribution in [0.4, 0.5) is 0 Å². The van der Waals surface area contributed by atoms with Gasteiger partial charge in [-0.3, -0.25) is 0 Å². The van der Waals surface area contributed by atoms with Gasteiger partial charge in [-0.25, -0.2) is 4.79 Å². The van der Waals surface area contributed by atoms with E-state index in [1.165, 1.54) is 32.1 Å². The van der Waals surface area contributed by atoms with Crippen LogP contribution in [0.1, 0.15) is 45.4 Å². The monoisotopic (exact) mass is 503 g/mol. The fourth-order valence-corrected chi connectivity index (χ4v) is 5.53. The molecule has 114 valence electrons. The van der Waals surface area contributed by atoms with Gasteiger partial charge in [0.1, 0.15) is 5.60 Å². The van der Waals surface area contributed by atoms with Crippen molar-refractivity contribution in [3.8, 4) is 0 Å². The Morgan fingerprint density at radius 3 is 2.15 bits per heavy atom. The molecule has 5 heteroatoms. The van der Waals surface area contributed by atoms with Crippen molar-refractivity contribution in [1.29, 1.82) is 0 Å². The normalized spacial score (nSPS) is 45.2. The molecule has 0 radical (unpaired) electrons. The lowest BCUT2D eigenvalue weighted by molar-refractivity contribution is -0.211. The summed E-state index contributed by atoms with van der Waals surface area (Å²) in [5, 5.41) is 0. The van der Waals surface area contributed by atoms with Crippen molar-refractivity contribution < 1.29 is 9.53 Å². The van der Waals surface area contributed by atoms with Gasteiger partial charge in [-0.1, -0.05) is 29.5 Å². The molecule has 4 bridgehead atoms. The maximum absolute atomic E-state index is 12.5. The molecule has 4 aliphatic carbocycles. The molecule has 0 aromatic rings. The molecular formula is C15H23I2NO2. The van der Waals surface area contributed by atoms with E-state index < -0.39 is 3.55 Å². The van der Waals surface area contributed by atoms with Gasteiger partial charge in [0, 0.05) is 4.43 Å². The summed E-state index contributed by atoms with van der Waals surface area (Å²) >= 11 is 4.20. The summed E-state index contributed by atoms with van der Waals surface area (Å²) in [7, 11) is 0. The Bertz CT molecular complexity index is 383. The molecule has 0 aromatic heterocycles. The van der Waals surface area contributed by atoms with Gasteiger partial charge in [0.2, 0.25) is 0 Å². The van der Waals surface area contributed by atoms with Crippen molar-refractivity contribution in [2.24, 2.45) is 29.4 Å². The number of rotatable bonds is 4. The number of nitrogens with two attached hydrogens (primary N) is 1. The molecule has 20 heavy (non-hydrogen) atoms. The van der Waals surface area contributed by atoms with Gasteiger partial charge in [0.05, 0.1) is 0 Å². The number of halogens is 2. The van der Waals surface area contributed by atoms with Crippen molar-refractivity contribution in [3.05, 3.63) is 0 Å². The van der Waals surface area contributed by atoms with E-state index in [0.29, 0.717) is 16.3 Å². The number of esters is 1. The van der Waals surface area contributed by atoms with Crippen LogP contribution in [0.3, 0.4) is 0 Å². The number of alkyl halides is 2. The second-order valence-electron chi connectivity index (χ2n) is 7.00. The van der Waals surface area contributed by atoms with Crippen LogP contribution in [0.5, 0.6) is 0 Å². The first-order valence-electron chi connectivity index (χ1n) is 7.68. The third-order valence-corrected chi connectivity index (χ3v) is 9.37. The number of hydrogen-bond acceptors (Lipinski definition) is 3. The lowest BCUT2D eigenvalue weighted by atomic mass is 9.49. The maximum Gasteiger partial charge on any atom is 0.337 e. The molecule has 3 nitrogen and oxygen atoms in total. The van der Waals surface area contributed by atoms with Gasteiger partial charge >= 0.3 is 5.97 Å². The van der Waals surface area contributed by atoms with E-state index in [-0.39, 0.29) is 11.6 Å². The molecule has 2 N–H and O–H groups in total. The van der Waals surface area contributed by atoms with Crippen LogP contribution in [-0.4, -0.2) is 19.5 Å². The van der Waals surface area contributed by atoms with E-state index >= 15 is 0 Å². The first-order chi connectivity index (χ1) is 9.41. The summed E-state index contributed by atoms with van der Waals surface area (Å²) in [6, 6.07) is 0. The predicted molar refractivity (Wildman–Crippen MR) is 96.0 cm³/mol. The van der Waals surface area contributed by atoms with Crippen molar-refractivity contribution in [1.82, 2.24) is 0 Å². The fraction of sp³-hybridized carbons (Fsp3) is 0.933. The van der Waals surface area contributed by atoms with Gasteiger partial charge in [0.15, 0.2) is 3.55 Å². The summed E-state index contributed by atoms with van der Waals surface area (Å²) in [5.74, 6) is 2.73. The van der Waals surface area contributed by atoms with E-state index in [0.717, 1.165) is 18.3 Å². The zero-order valence-corrected chi connectivity index (χ0v) is 16.2. The predicted octanol–water partition coefficient (Wildman–Crippen LogP) is 3.66. The van der Waals surface area contributed by atoms with Gasteiger partial charge in [-0.05, 0) is 84.8 Å². The topological polar surface area (TPSA) is 52.3 Å². The van der Waals surface area contributed by atoms with Gasteiger partial charge < -0.3 is 10.5 Å². The molecule has 1 unspecified atom stereocenters. The van der Waals surface area contributed by atoms with Gasteiger partial charge in [-0.15, -0.1) is 0 Å². The Labute approximate surface area is 148 Å². The SMILES string of the molecule is CCC1(OC(=O)C(N)(I)CI)C2CC3CC(C2)CC1C3. The largest absolute Gasteiger partial charge is 0.457 e. The smallest absolute Gasteiger partial charge is 0.337 e. The Morgan fingerprint density at radius 2 is 1.75 bits per heavy atom. The third kappa shape index (κ3) is 2.43.